The lowest BCUT2D eigenvalue weighted by Gasteiger charge is -2.60. The van der Waals surface area contributed by atoms with E-state index in [-0.39, 0.29) is 0 Å². The highest BCUT2D eigenvalue weighted by atomic mass is 15.4. The number of benzene rings is 1. The predicted octanol–water partition coefficient (Wildman–Crippen LogP) is -0.101. The molecule has 0 radical (unpaired) electrons. The fourth-order valence-electron chi connectivity index (χ4n) is 5.54. The first-order valence-corrected chi connectivity index (χ1v) is 7.31. The van der Waals surface area contributed by atoms with Gasteiger partial charge in [-0.3, -0.25) is 9.80 Å². The van der Waals surface area contributed by atoms with Crippen LogP contribution in [-0.2, 0) is 0 Å². The normalized spacial score (nSPS) is 49.6. The Hall–Kier alpha value is -0.860. The van der Waals surface area contributed by atoms with Crippen molar-refractivity contribution < 1.29 is 9.80 Å². The molecule has 4 saturated heterocycles. The van der Waals surface area contributed by atoms with Gasteiger partial charge in [-0.1, -0.05) is 18.2 Å². The predicted molar refractivity (Wildman–Crippen MR) is 71.4 cm³/mol. The molecule has 0 amide bonds. The third kappa shape index (κ3) is 1.49. The first-order valence-electron chi connectivity index (χ1n) is 7.31. The summed E-state index contributed by atoms with van der Waals surface area (Å²) in [5, 5.41) is 0. The summed E-state index contributed by atoms with van der Waals surface area (Å²) in [5.41, 5.74) is 2.75. The molecule has 5 rings (SSSR count). The molecule has 0 saturated carbocycles. The summed E-state index contributed by atoms with van der Waals surface area (Å²) in [6.45, 7) is 10.6. The summed E-state index contributed by atoms with van der Waals surface area (Å²) in [5.74, 6) is 0. The van der Waals surface area contributed by atoms with E-state index in [2.05, 4.69) is 44.2 Å². The van der Waals surface area contributed by atoms with Crippen molar-refractivity contribution in [1.29, 1.82) is 0 Å². The summed E-state index contributed by atoms with van der Waals surface area (Å²) >= 11 is 0. The van der Waals surface area contributed by atoms with Crippen LogP contribution in [0.4, 0.5) is 0 Å². The fourth-order valence-corrected chi connectivity index (χ4v) is 5.54. The molecule has 4 aliphatic heterocycles. The van der Waals surface area contributed by atoms with Gasteiger partial charge >= 0.3 is 0 Å². The highest BCUT2D eigenvalue weighted by Gasteiger charge is 2.62. The van der Waals surface area contributed by atoms with Gasteiger partial charge in [0.25, 0.3) is 0 Å². The van der Waals surface area contributed by atoms with Gasteiger partial charge in [-0.15, -0.1) is 0 Å². The SMILES string of the molecule is CC12C[NH+]3CC(C)(C[NH+](C1)C3c1ccccc1)C2. The second kappa shape index (κ2) is 3.37. The first-order chi connectivity index (χ1) is 8.57. The van der Waals surface area contributed by atoms with E-state index < -0.39 is 0 Å². The molecule has 18 heavy (non-hydrogen) atoms. The average molecular weight is 244 g/mol. The highest BCUT2D eigenvalue weighted by molar-refractivity contribution is 5.16. The van der Waals surface area contributed by atoms with Gasteiger partial charge in [0.1, 0.15) is 0 Å². The Labute approximate surface area is 110 Å². The maximum absolute atomic E-state index is 2.52. The van der Waals surface area contributed by atoms with Crippen molar-refractivity contribution >= 4 is 0 Å². The Morgan fingerprint density at radius 3 is 1.89 bits per heavy atom. The molecule has 2 heteroatoms. The zero-order valence-corrected chi connectivity index (χ0v) is 11.5. The number of hydrogen-bond donors (Lipinski definition) is 2. The summed E-state index contributed by atoms with van der Waals surface area (Å²) in [7, 11) is 0. The molecule has 2 N–H and O–H groups in total. The van der Waals surface area contributed by atoms with Gasteiger partial charge in [-0.05, 0) is 32.4 Å². The zero-order valence-electron chi connectivity index (χ0n) is 11.5. The van der Waals surface area contributed by atoms with E-state index in [1.165, 1.54) is 32.6 Å². The van der Waals surface area contributed by atoms with Crippen LogP contribution in [0.15, 0.2) is 30.3 Å². The molecule has 0 atom stereocenters. The topological polar surface area (TPSA) is 8.88 Å². The van der Waals surface area contributed by atoms with Gasteiger partial charge < -0.3 is 0 Å². The van der Waals surface area contributed by atoms with Crippen LogP contribution in [-0.4, -0.2) is 26.2 Å². The molecule has 4 bridgehead atoms. The minimum absolute atomic E-state index is 0.598. The van der Waals surface area contributed by atoms with Crippen LogP contribution >= 0.6 is 0 Å². The van der Waals surface area contributed by atoms with Crippen molar-refractivity contribution in [2.24, 2.45) is 10.8 Å². The van der Waals surface area contributed by atoms with E-state index >= 15 is 0 Å². The van der Waals surface area contributed by atoms with E-state index in [0.717, 1.165) is 0 Å². The smallest absolute Gasteiger partial charge is 0.240 e. The molecule has 0 spiro atoms. The molecule has 4 fully saturated rings. The van der Waals surface area contributed by atoms with Gasteiger partial charge in [0.15, 0.2) is 0 Å². The van der Waals surface area contributed by atoms with E-state index in [0.29, 0.717) is 17.0 Å². The second-order valence-electron chi connectivity index (χ2n) is 7.67. The average Bonchev–Trinajstić information content (AvgIpc) is 2.25. The third-order valence-electron chi connectivity index (χ3n) is 5.42. The Morgan fingerprint density at radius 1 is 0.889 bits per heavy atom. The summed E-state index contributed by atoms with van der Waals surface area (Å²) < 4.78 is 0. The molecule has 1 aromatic carbocycles. The highest BCUT2D eigenvalue weighted by Crippen LogP contribution is 2.39. The third-order valence-corrected chi connectivity index (χ3v) is 5.42. The molecule has 96 valence electrons. The van der Waals surface area contributed by atoms with E-state index in [1.54, 1.807) is 5.56 Å². The number of quaternary nitrogens is 2. The van der Waals surface area contributed by atoms with Crippen molar-refractivity contribution in [3.05, 3.63) is 35.9 Å². The molecule has 1 aromatic rings. The van der Waals surface area contributed by atoms with Gasteiger partial charge in [0.2, 0.25) is 6.17 Å². The standard InChI is InChI=1S/C16H22N2/c1-15-8-16(2)11-17(9-15)14(18(10-15)12-16)13-6-4-3-5-7-13/h3-7,14H,8-12H2,1-2H3/p+2. The van der Waals surface area contributed by atoms with Gasteiger partial charge in [-0.2, -0.15) is 0 Å². The second-order valence-corrected chi connectivity index (χ2v) is 7.67. The van der Waals surface area contributed by atoms with Crippen LogP contribution < -0.4 is 9.80 Å². The van der Waals surface area contributed by atoms with Crippen LogP contribution in [0.25, 0.3) is 0 Å². The largest absolute Gasteiger partial charge is 0.281 e. The lowest BCUT2D eigenvalue weighted by Crippen LogP contribution is -3.40. The molecular formula is C16H24N2+2. The maximum atomic E-state index is 2.52. The van der Waals surface area contributed by atoms with Crippen molar-refractivity contribution in [2.45, 2.75) is 26.4 Å². The van der Waals surface area contributed by atoms with E-state index in [9.17, 15) is 0 Å². The van der Waals surface area contributed by atoms with Crippen LogP contribution in [0.1, 0.15) is 32.0 Å². The summed E-state index contributed by atoms with van der Waals surface area (Å²) in [4.78, 5) is 3.68. The lowest BCUT2D eigenvalue weighted by molar-refractivity contribution is -1.18. The zero-order chi connectivity index (χ0) is 12.4. The van der Waals surface area contributed by atoms with Crippen LogP contribution in [0.2, 0.25) is 0 Å². The molecular weight excluding hydrogens is 220 g/mol. The van der Waals surface area contributed by atoms with Crippen LogP contribution in [0.5, 0.6) is 0 Å². The molecule has 0 aliphatic carbocycles. The van der Waals surface area contributed by atoms with Gasteiger partial charge in [-0.25, -0.2) is 0 Å². The van der Waals surface area contributed by atoms with Crippen molar-refractivity contribution in [1.82, 2.24) is 0 Å². The molecule has 0 aromatic heterocycles. The molecule has 4 aliphatic rings. The van der Waals surface area contributed by atoms with Crippen LogP contribution in [0.3, 0.4) is 0 Å². The molecule has 2 nitrogen and oxygen atoms in total. The van der Waals surface area contributed by atoms with E-state index in [4.69, 9.17) is 0 Å². The van der Waals surface area contributed by atoms with Crippen molar-refractivity contribution in [3.8, 4) is 0 Å². The van der Waals surface area contributed by atoms with Crippen LogP contribution in [0, 0.1) is 10.8 Å². The quantitative estimate of drug-likeness (QED) is 0.683. The minimum Gasteiger partial charge on any atom is -0.281 e. The maximum Gasteiger partial charge on any atom is 0.240 e. The number of nitrogens with one attached hydrogen (secondary N) is 2. The number of rotatable bonds is 1. The van der Waals surface area contributed by atoms with Crippen molar-refractivity contribution in [2.75, 3.05) is 26.2 Å². The van der Waals surface area contributed by atoms with Gasteiger partial charge in [0.05, 0.1) is 42.6 Å². The number of hydrogen-bond acceptors (Lipinski definition) is 0. The lowest BCUT2D eigenvalue weighted by atomic mass is 9.63. The Kier molecular flexibility index (Phi) is 2.06. The van der Waals surface area contributed by atoms with Gasteiger partial charge in [0, 0.05) is 0 Å². The molecule has 0 unspecified atom stereocenters. The Morgan fingerprint density at radius 2 is 1.39 bits per heavy atom. The summed E-state index contributed by atoms with van der Waals surface area (Å²) in [6.07, 6.45) is 2.15. The fraction of sp³-hybridized carbons (Fsp3) is 0.625. The Bertz CT molecular complexity index is 431. The summed E-state index contributed by atoms with van der Waals surface area (Å²) in [6, 6.07) is 11.2. The first kappa shape index (κ1) is 11.0. The Balaban J connectivity index is 1.73. The number of piperidine rings is 2. The minimum atomic E-state index is 0.598. The van der Waals surface area contributed by atoms with E-state index in [1.807, 2.05) is 9.80 Å². The monoisotopic (exact) mass is 244 g/mol. The van der Waals surface area contributed by atoms with Crippen molar-refractivity contribution in [3.63, 3.8) is 0 Å². The molecule has 4 heterocycles.